The van der Waals surface area contributed by atoms with E-state index >= 15 is 0 Å². The van der Waals surface area contributed by atoms with E-state index in [0.29, 0.717) is 24.2 Å². The lowest BCUT2D eigenvalue weighted by atomic mass is 9.92. The monoisotopic (exact) mass is 253 g/mol. The maximum atomic E-state index is 12.0. The zero-order valence-electron chi connectivity index (χ0n) is 11.2. The molecule has 0 unspecified atom stereocenters. The molecule has 2 aliphatic rings. The average molecular weight is 253 g/mol. The Labute approximate surface area is 108 Å². The summed E-state index contributed by atoms with van der Waals surface area (Å²) in [7, 11) is 0. The van der Waals surface area contributed by atoms with Gasteiger partial charge in [-0.05, 0) is 43.4 Å². The predicted octanol–water partition coefficient (Wildman–Crippen LogP) is 2.04. The smallest absolute Gasteiger partial charge is 0.306 e. The van der Waals surface area contributed by atoms with Crippen LogP contribution in [0.3, 0.4) is 0 Å². The van der Waals surface area contributed by atoms with Crippen LogP contribution < -0.4 is 5.32 Å². The first-order chi connectivity index (χ1) is 8.44. The van der Waals surface area contributed by atoms with E-state index in [4.69, 9.17) is 5.11 Å². The number of aliphatic carboxylic acids is 1. The lowest BCUT2D eigenvalue weighted by molar-refractivity contribution is -0.141. The highest BCUT2D eigenvalue weighted by atomic mass is 16.4. The van der Waals surface area contributed by atoms with Crippen LogP contribution >= 0.6 is 0 Å². The van der Waals surface area contributed by atoms with Gasteiger partial charge in [-0.3, -0.25) is 9.59 Å². The summed E-state index contributed by atoms with van der Waals surface area (Å²) in [6.45, 7) is 5.17. The second-order valence-corrected chi connectivity index (χ2v) is 6.28. The highest BCUT2D eigenvalue weighted by Crippen LogP contribution is 2.51. The lowest BCUT2D eigenvalue weighted by Gasteiger charge is -2.21. The number of carboxylic acid groups (broad SMARTS) is 1. The van der Waals surface area contributed by atoms with Crippen LogP contribution in [0, 0.1) is 23.2 Å². The van der Waals surface area contributed by atoms with Crippen LogP contribution in [0.25, 0.3) is 0 Å². The molecule has 2 N–H and O–H groups in total. The first-order valence-corrected chi connectivity index (χ1v) is 6.95. The maximum Gasteiger partial charge on any atom is 0.306 e. The number of nitrogens with one attached hydrogen (secondary N) is 1. The first kappa shape index (κ1) is 13.4. The Bertz CT molecular complexity index is 347. The van der Waals surface area contributed by atoms with Crippen LogP contribution in [-0.4, -0.2) is 23.5 Å². The van der Waals surface area contributed by atoms with Gasteiger partial charge >= 0.3 is 5.97 Å². The molecule has 2 saturated carbocycles. The molecule has 102 valence electrons. The Balaban J connectivity index is 1.78. The Kier molecular flexibility index (Phi) is 3.64. The van der Waals surface area contributed by atoms with Crippen molar-refractivity contribution in [1.29, 1.82) is 0 Å². The molecular weight excluding hydrogens is 230 g/mol. The first-order valence-electron chi connectivity index (χ1n) is 6.95. The highest BCUT2D eigenvalue weighted by Gasteiger charge is 2.45. The Hall–Kier alpha value is -1.06. The SMILES string of the molecule is CC(C)C1(CNC(=O)[C@@H]2CC[C@H](C(=O)O)C2)CC1. The molecule has 0 spiro atoms. The topological polar surface area (TPSA) is 66.4 Å². The number of carbonyl (C=O) groups excluding carboxylic acids is 1. The molecule has 0 aromatic carbocycles. The van der Waals surface area contributed by atoms with Gasteiger partial charge in [-0.25, -0.2) is 0 Å². The summed E-state index contributed by atoms with van der Waals surface area (Å²) in [5.41, 5.74) is 0.320. The molecule has 18 heavy (non-hydrogen) atoms. The quantitative estimate of drug-likeness (QED) is 0.788. The molecule has 0 aromatic rings. The predicted molar refractivity (Wildman–Crippen MR) is 68.0 cm³/mol. The van der Waals surface area contributed by atoms with Crippen molar-refractivity contribution in [2.75, 3.05) is 6.54 Å². The Morgan fingerprint density at radius 1 is 1.28 bits per heavy atom. The summed E-state index contributed by atoms with van der Waals surface area (Å²) in [4.78, 5) is 22.9. The van der Waals surface area contributed by atoms with E-state index in [1.54, 1.807) is 0 Å². The van der Waals surface area contributed by atoms with E-state index in [2.05, 4.69) is 19.2 Å². The molecule has 0 radical (unpaired) electrons. The second kappa shape index (κ2) is 4.90. The third-order valence-corrected chi connectivity index (χ3v) is 4.88. The van der Waals surface area contributed by atoms with Crippen molar-refractivity contribution in [3.8, 4) is 0 Å². The summed E-state index contributed by atoms with van der Waals surface area (Å²) in [5.74, 6) is -0.500. The standard InChI is InChI=1S/C14H23NO3/c1-9(2)14(5-6-14)8-15-12(16)10-3-4-11(7-10)13(17)18/h9-11H,3-8H2,1-2H3,(H,15,16)(H,17,18)/t10-,11+/m1/s1. The molecule has 0 saturated heterocycles. The van der Waals surface area contributed by atoms with Crippen molar-refractivity contribution in [1.82, 2.24) is 5.32 Å². The van der Waals surface area contributed by atoms with Crippen molar-refractivity contribution in [2.24, 2.45) is 23.2 Å². The van der Waals surface area contributed by atoms with Gasteiger partial charge in [-0.1, -0.05) is 13.8 Å². The minimum Gasteiger partial charge on any atom is -0.481 e. The largest absolute Gasteiger partial charge is 0.481 e. The van der Waals surface area contributed by atoms with E-state index < -0.39 is 5.97 Å². The number of amides is 1. The van der Waals surface area contributed by atoms with Crippen LogP contribution in [-0.2, 0) is 9.59 Å². The number of rotatable bonds is 5. The van der Waals surface area contributed by atoms with Crippen LogP contribution in [0.1, 0.15) is 46.0 Å². The minimum absolute atomic E-state index is 0.0608. The van der Waals surface area contributed by atoms with Crippen molar-refractivity contribution in [2.45, 2.75) is 46.0 Å². The van der Waals surface area contributed by atoms with Gasteiger partial charge in [0.05, 0.1) is 5.92 Å². The molecule has 2 rings (SSSR count). The molecule has 1 amide bonds. The highest BCUT2D eigenvalue weighted by molar-refractivity contribution is 5.80. The zero-order valence-corrected chi connectivity index (χ0v) is 11.2. The third-order valence-electron chi connectivity index (χ3n) is 4.88. The molecular formula is C14H23NO3. The van der Waals surface area contributed by atoms with Crippen molar-refractivity contribution < 1.29 is 14.7 Å². The van der Waals surface area contributed by atoms with Crippen molar-refractivity contribution in [3.05, 3.63) is 0 Å². The van der Waals surface area contributed by atoms with E-state index in [9.17, 15) is 9.59 Å². The Morgan fingerprint density at radius 3 is 2.33 bits per heavy atom. The van der Waals surface area contributed by atoms with Gasteiger partial charge < -0.3 is 10.4 Å². The zero-order chi connectivity index (χ0) is 13.3. The average Bonchev–Trinajstić information content (AvgIpc) is 2.94. The number of carbonyl (C=O) groups is 2. The fraction of sp³-hybridized carbons (Fsp3) is 0.857. The van der Waals surface area contributed by atoms with Crippen molar-refractivity contribution >= 4 is 11.9 Å². The molecule has 0 bridgehead atoms. The molecule has 4 heteroatoms. The third kappa shape index (κ3) is 2.68. The van der Waals surface area contributed by atoms with Gasteiger partial charge in [-0.15, -0.1) is 0 Å². The summed E-state index contributed by atoms with van der Waals surface area (Å²) in [6, 6.07) is 0. The fourth-order valence-electron chi connectivity index (χ4n) is 2.97. The molecule has 0 heterocycles. The van der Waals surface area contributed by atoms with Gasteiger partial charge in [0.15, 0.2) is 0 Å². The minimum atomic E-state index is -0.758. The molecule has 0 aromatic heterocycles. The number of hydrogen-bond donors (Lipinski definition) is 2. The van der Waals surface area contributed by atoms with Gasteiger partial charge in [0.25, 0.3) is 0 Å². The van der Waals surface area contributed by atoms with Gasteiger partial charge in [-0.2, -0.15) is 0 Å². The maximum absolute atomic E-state index is 12.0. The van der Waals surface area contributed by atoms with Crippen LogP contribution in [0.4, 0.5) is 0 Å². The molecule has 2 aliphatic carbocycles. The van der Waals surface area contributed by atoms with Gasteiger partial charge in [0, 0.05) is 12.5 Å². The second-order valence-electron chi connectivity index (χ2n) is 6.28. The van der Waals surface area contributed by atoms with E-state index in [-0.39, 0.29) is 17.7 Å². The summed E-state index contributed by atoms with van der Waals surface area (Å²) in [6.07, 6.45) is 4.27. The van der Waals surface area contributed by atoms with E-state index in [1.807, 2.05) is 0 Å². The Morgan fingerprint density at radius 2 is 1.89 bits per heavy atom. The molecule has 2 fully saturated rings. The summed E-state index contributed by atoms with van der Waals surface area (Å²) in [5, 5.41) is 12.0. The lowest BCUT2D eigenvalue weighted by Crippen LogP contribution is -2.36. The number of carboxylic acids is 1. The van der Waals surface area contributed by atoms with Gasteiger partial charge in [0.2, 0.25) is 5.91 Å². The fourth-order valence-corrected chi connectivity index (χ4v) is 2.97. The van der Waals surface area contributed by atoms with Crippen molar-refractivity contribution in [3.63, 3.8) is 0 Å². The van der Waals surface area contributed by atoms with Gasteiger partial charge in [0.1, 0.15) is 0 Å². The summed E-state index contributed by atoms with van der Waals surface area (Å²) < 4.78 is 0. The van der Waals surface area contributed by atoms with E-state index in [0.717, 1.165) is 13.0 Å². The van der Waals surface area contributed by atoms with Crippen LogP contribution in [0.5, 0.6) is 0 Å². The van der Waals surface area contributed by atoms with Crippen LogP contribution in [0.2, 0.25) is 0 Å². The number of hydrogen-bond acceptors (Lipinski definition) is 2. The normalized spacial score (nSPS) is 29.3. The summed E-state index contributed by atoms with van der Waals surface area (Å²) >= 11 is 0. The van der Waals surface area contributed by atoms with Crippen LogP contribution in [0.15, 0.2) is 0 Å². The molecule has 0 aliphatic heterocycles. The van der Waals surface area contributed by atoms with E-state index in [1.165, 1.54) is 12.8 Å². The molecule has 2 atom stereocenters. The molecule has 4 nitrogen and oxygen atoms in total.